The van der Waals surface area contributed by atoms with E-state index in [0.717, 1.165) is 29.2 Å². The Morgan fingerprint density at radius 3 is 2.36 bits per heavy atom. The van der Waals surface area contributed by atoms with Gasteiger partial charge < -0.3 is 9.30 Å². The molecule has 0 bridgehead atoms. The van der Waals surface area contributed by atoms with Crippen molar-refractivity contribution in [2.24, 2.45) is 0 Å². The average molecular weight is 336 g/mol. The van der Waals surface area contributed by atoms with E-state index in [1.165, 1.54) is 44.0 Å². The molecule has 0 N–H and O–H groups in total. The molecule has 0 fully saturated rings. The Morgan fingerprint density at radius 2 is 1.60 bits per heavy atom. The molecule has 0 amide bonds. The first-order valence-electron chi connectivity index (χ1n) is 9.43. The van der Waals surface area contributed by atoms with Crippen molar-refractivity contribution in [1.82, 2.24) is 9.55 Å². The number of aromatic nitrogens is 2. The monoisotopic (exact) mass is 336 g/mol. The van der Waals surface area contributed by atoms with E-state index in [0.29, 0.717) is 0 Å². The number of aryl methyl sites for hydroxylation is 1. The van der Waals surface area contributed by atoms with Crippen molar-refractivity contribution < 1.29 is 4.74 Å². The predicted octanol–water partition coefficient (Wildman–Crippen LogP) is 6.07. The van der Waals surface area contributed by atoms with E-state index in [9.17, 15) is 0 Å². The lowest BCUT2D eigenvalue weighted by Gasteiger charge is -2.10. The number of ether oxygens (including phenoxy) is 1. The Labute approximate surface area is 150 Å². The Bertz CT molecular complexity index is 789. The third-order valence-corrected chi connectivity index (χ3v) is 4.74. The molecular weight excluding hydrogens is 308 g/mol. The number of fused-ring (bicyclic) bond motifs is 1. The van der Waals surface area contributed by atoms with Gasteiger partial charge in [-0.05, 0) is 42.8 Å². The molecule has 3 nitrogen and oxygen atoms in total. The molecule has 3 aromatic rings. The van der Waals surface area contributed by atoms with Crippen molar-refractivity contribution in [2.75, 3.05) is 7.11 Å². The molecular formula is C22H28N2O. The van der Waals surface area contributed by atoms with Crippen LogP contribution in [0, 0.1) is 0 Å². The Hall–Kier alpha value is -2.29. The molecule has 2 aromatic carbocycles. The highest BCUT2D eigenvalue weighted by Crippen LogP contribution is 2.27. The lowest BCUT2D eigenvalue weighted by molar-refractivity contribution is 0.415. The first-order chi connectivity index (χ1) is 12.3. The van der Waals surface area contributed by atoms with Gasteiger partial charge in [-0.3, -0.25) is 0 Å². The molecule has 132 valence electrons. The van der Waals surface area contributed by atoms with Crippen molar-refractivity contribution in [2.45, 2.75) is 52.0 Å². The lowest BCUT2D eigenvalue weighted by Crippen LogP contribution is -2.01. The van der Waals surface area contributed by atoms with Crippen LogP contribution in [0.25, 0.3) is 22.4 Å². The van der Waals surface area contributed by atoms with Crippen LogP contribution in [0.15, 0.2) is 48.5 Å². The Balaban J connectivity index is 1.81. The summed E-state index contributed by atoms with van der Waals surface area (Å²) in [6.07, 6.45) is 7.82. The van der Waals surface area contributed by atoms with Gasteiger partial charge in [0.15, 0.2) is 0 Å². The molecule has 1 heterocycles. The zero-order chi connectivity index (χ0) is 17.5. The molecule has 0 saturated heterocycles. The molecule has 0 aliphatic rings. The average Bonchev–Trinajstić information content (AvgIpc) is 3.03. The maximum Gasteiger partial charge on any atom is 0.141 e. The molecule has 0 spiro atoms. The van der Waals surface area contributed by atoms with Crippen LogP contribution in [0.5, 0.6) is 5.75 Å². The minimum Gasteiger partial charge on any atom is -0.497 e. The SMILES string of the molecule is CCCCCCCCn1c(-c2ccc(OC)cc2)nc2ccccc21. The van der Waals surface area contributed by atoms with Gasteiger partial charge in [0, 0.05) is 12.1 Å². The smallest absolute Gasteiger partial charge is 0.141 e. The second kappa shape index (κ2) is 8.70. The zero-order valence-electron chi connectivity index (χ0n) is 15.4. The van der Waals surface area contributed by atoms with Crippen LogP contribution in [0.2, 0.25) is 0 Å². The Morgan fingerprint density at radius 1 is 0.880 bits per heavy atom. The predicted molar refractivity (Wildman–Crippen MR) is 105 cm³/mol. The highest BCUT2D eigenvalue weighted by atomic mass is 16.5. The standard InChI is InChI=1S/C22H28N2O/c1-3-4-5-6-7-10-17-24-21-12-9-8-11-20(21)23-22(24)18-13-15-19(25-2)16-14-18/h8-9,11-16H,3-7,10,17H2,1-2H3. The van der Waals surface area contributed by atoms with Gasteiger partial charge in [-0.15, -0.1) is 0 Å². The zero-order valence-corrected chi connectivity index (χ0v) is 15.4. The molecule has 3 rings (SSSR count). The van der Waals surface area contributed by atoms with Crippen LogP contribution in [0.1, 0.15) is 45.4 Å². The molecule has 3 heteroatoms. The van der Waals surface area contributed by atoms with Crippen LogP contribution in [0.3, 0.4) is 0 Å². The fourth-order valence-corrected chi connectivity index (χ4v) is 3.31. The molecule has 0 saturated carbocycles. The maximum atomic E-state index is 5.28. The van der Waals surface area contributed by atoms with E-state index in [-0.39, 0.29) is 0 Å². The molecule has 0 unspecified atom stereocenters. The van der Waals surface area contributed by atoms with E-state index in [1.807, 2.05) is 12.1 Å². The number of nitrogens with zero attached hydrogens (tertiary/aromatic N) is 2. The third-order valence-electron chi connectivity index (χ3n) is 4.74. The van der Waals surface area contributed by atoms with Crippen LogP contribution in [0.4, 0.5) is 0 Å². The van der Waals surface area contributed by atoms with Gasteiger partial charge >= 0.3 is 0 Å². The van der Waals surface area contributed by atoms with Gasteiger partial charge in [-0.25, -0.2) is 4.98 Å². The van der Waals surface area contributed by atoms with Crippen LogP contribution in [-0.2, 0) is 6.54 Å². The number of rotatable bonds is 9. The number of methoxy groups -OCH3 is 1. The number of imidazole rings is 1. The maximum absolute atomic E-state index is 5.28. The normalized spacial score (nSPS) is 11.1. The minimum absolute atomic E-state index is 0.877. The summed E-state index contributed by atoms with van der Waals surface area (Å²) >= 11 is 0. The van der Waals surface area contributed by atoms with E-state index >= 15 is 0 Å². The summed E-state index contributed by atoms with van der Waals surface area (Å²) in [6, 6.07) is 16.6. The summed E-state index contributed by atoms with van der Waals surface area (Å²) in [5, 5.41) is 0. The second-order valence-corrected chi connectivity index (χ2v) is 6.57. The molecule has 0 atom stereocenters. The van der Waals surface area contributed by atoms with E-state index in [4.69, 9.17) is 9.72 Å². The summed E-state index contributed by atoms with van der Waals surface area (Å²) in [5.74, 6) is 1.93. The summed E-state index contributed by atoms with van der Waals surface area (Å²) in [6.45, 7) is 3.28. The first kappa shape index (κ1) is 17.5. The number of para-hydroxylation sites is 2. The summed E-state index contributed by atoms with van der Waals surface area (Å²) < 4.78 is 7.65. The van der Waals surface area contributed by atoms with Gasteiger partial charge in [0.05, 0.1) is 18.1 Å². The second-order valence-electron chi connectivity index (χ2n) is 6.57. The van der Waals surface area contributed by atoms with Crippen molar-refractivity contribution in [1.29, 1.82) is 0 Å². The molecule has 1 aromatic heterocycles. The van der Waals surface area contributed by atoms with E-state index in [2.05, 4.69) is 47.9 Å². The van der Waals surface area contributed by atoms with Crippen LogP contribution < -0.4 is 4.74 Å². The van der Waals surface area contributed by atoms with Gasteiger partial charge in [0.1, 0.15) is 11.6 Å². The van der Waals surface area contributed by atoms with Gasteiger partial charge in [0.2, 0.25) is 0 Å². The van der Waals surface area contributed by atoms with Gasteiger partial charge in [-0.1, -0.05) is 51.2 Å². The van der Waals surface area contributed by atoms with Crippen molar-refractivity contribution in [3.8, 4) is 17.1 Å². The van der Waals surface area contributed by atoms with Crippen molar-refractivity contribution >= 4 is 11.0 Å². The lowest BCUT2D eigenvalue weighted by atomic mass is 10.1. The van der Waals surface area contributed by atoms with Gasteiger partial charge in [0.25, 0.3) is 0 Å². The van der Waals surface area contributed by atoms with Crippen molar-refractivity contribution in [3.63, 3.8) is 0 Å². The summed E-state index contributed by atoms with van der Waals surface area (Å²) in [7, 11) is 1.70. The summed E-state index contributed by atoms with van der Waals surface area (Å²) in [4.78, 5) is 4.89. The summed E-state index contributed by atoms with van der Waals surface area (Å²) in [5.41, 5.74) is 3.43. The topological polar surface area (TPSA) is 27.1 Å². The number of benzene rings is 2. The number of unbranched alkanes of at least 4 members (excludes halogenated alkanes) is 5. The highest BCUT2D eigenvalue weighted by molar-refractivity contribution is 5.80. The van der Waals surface area contributed by atoms with Crippen LogP contribution >= 0.6 is 0 Å². The minimum atomic E-state index is 0.877. The highest BCUT2D eigenvalue weighted by Gasteiger charge is 2.12. The van der Waals surface area contributed by atoms with E-state index in [1.54, 1.807) is 7.11 Å². The largest absolute Gasteiger partial charge is 0.497 e. The fourth-order valence-electron chi connectivity index (χ4n) is 3.31. The van der Waals surface area contributed by atoms with Crippen molar-refractivity contribution in [3.05, 3.63) is 48.5 Å². The quantitative estimate of drug-likeness (QED) is 0.443. The third kappa shape index (κ3) is 4.22. The molecule has 0 aliphatic heterocycles. The van der Waals surface area contributed by atoms with E-state index < -0.39 is 0 Å². The molecule has 0 aliphatic carbocycles. The number of hydrogen-bond acceptors (Lipinski definition) is 2. The van der Waals surface area contributed by atoms with Gasteiger partial charge in [-0.2, -0.15) is 0 Å². The molecule has 0 radical (unpaired) electrons. The first-order valence-corrected chi connectivity index (χ1v) is 9.43. The Kier molecular flexibility index (Phi) is 6.10. The number of hydrogen-bond donors (Lipinski definition) is 0. The van der Waals surface area contributed by atoms with Crippen LogP contribution in [-0.4, -0.2) is 16.7 Å². The molecule has 25 heavy (non-hydrogen) atoms. The fraction of sp³-hybridized carbons (Fsp3) is 0.409.